The van der Waals surface area contributed by atoms with Crippen LogP contribution in [0.4, 0.5) is 5.69 Å². The summed E-state index contributed by atoms with van der Waals surface area (Å²) in [5.74, 6) is 0.961. The Balaban J connectivity index is 1.55. The Morgan fingerprint density at radius 2 is 1.89 bits per heavy atom. The molecule has 0 aliphatic carbocycles. The Morgan fingerprint density at radius 3 is 2.68 bits per heavy atom. The number of nitrogens with one attached hydrogen (secondary N) is 1. The van der Waals surface area contributed by atoms with Gasteiger partial charge in [-0.15, -0.1) is 0 Å². The van der Waals surface area contributed by atoms with E-state index in [0.29, 0.717) is 34.0 Å². The van der Waals surface area contributed by atoms with Crippen molar-refractivity contribution in [3.05, 3.63) is 72.6 Å². The molecule has 0 aliphatic rings. The second-order valence-corrected chi connectivity index (χ2v) is 6.59. The van der Waals surface area contributed by atoms with Crippen LogP contribution in [0.3, 0.4) is 0 Å². The maximum Gasteiger partial charge on any atom is 0.255 e. The molecule has 4 rings (SSSR count). The topological polar surface area (TPSA) is 77.2 Å². The quantitative estimate of drug-likeness (QED) is 0.537. The number of hydrogen-bond acceptors (Lipinski definition) is 5. The Labute approximate surface area is 162 Å². The smallest absolute Gasteiger partial charge is 0.255 e. The van der Waals surface area contributed by atoms with E-state index < -0.39 is 0 Å². The average molecular weight is 373 g/mol. The maximum absolute atomic E-state index is 12.6. The van der Waals surface area contributed by atoms with Gasteiger partial charge in [-0.1, -0.05) is 6.07 Å². The molecule has 0 radical (unpaired) electrons. The fraction of sp³-hybridized carbons (Fsp3) is 0.136. The first-order valence-corrected chi connectivity index (χ1v) is 8.97. The van der Waals surface area contributed by atoms with E-state index in [1.165, 1.54) is 0 Å². The number of amides is 1. The fourth-order valence-corrected chi connectivity index (χ4v) is 2.81. The molecule has 0 spiro atoms. The van der Waals surface area contributed by atoms with Gasteiger partial charge in [0.1, 0.15) is 11.3 Å². The van der Waals surface area contributed by atoms with Crippen LogP contribution in [0.5, 0.6) is 5.75 Å². The van der Waals surface area contributed by atoms with Gasteiger partial charge in [-0.2, -0.15) is 0 Å². The number of pyridine rings is 1. The molecule has 4 aromatic rings. The summed E-state index contributed by atoms with van der Waals surface area (Å²) in [6.45, 7) is 3.89. The van der Waals surface area contributed by atoms with E-state index in [0.717, 1.165) is 5.56 Å². The standard InChI is InChI=1S/C22H19N3O3/c1-14(2)27-18-5-3-4-16(12-18)21(26)24-17-6-7-20-19(13-17)25-22(28-20)15-8-10-23-11-9-15/h3-14H,1-2H3,(H,24,26). The summed E-state index contributed by atoms with van der Waals surface area (Å²) in [4.78, 5) is 21.1. The van der Waals surface area contributed by atoms with Gasteiger partial charge in [0.2, 0.25) is 5.89 Å². The van der Waals surface area contributed by atoms with Crippen LogP contribution in [0.1, 0.15) is 24.2 Å². The molecule has 0 aliphatic heterocycles. The van der Waals surface area contributed by atoms with E-state index in [-0.39, 0.29) is 12.0 Å². The largest absolute Gasteiger partial charge is 0.491 e. The van der Waals surface area contributed by atoms with Gasteiger partial charge in [-0.3, -0.25) is 9.78 Å². The number of carbonyl (C=O) groups excluding carboxylic acids is 1. The molecular formula is C22H19N3O3. The summed E-state index contributed by atoms with van der Waals surface area (Å²) in [7, 11) is 0. The van der Waals surface area contributed by atoms with Crippen molar-refractivity contribution < 1.29 is 13.9 Å². The van der Waals surface area contributed by atoms with Crippen molar-refractivity contribution in [2.45, 2.75) is 20.0 Å². The van der Waals surface area contributed by atoms with E-state index in [2.05, 4.69) is 15.3 Å². The summed E-state index contributed by atoms with van der Waals surface area (Å²) >= 11 is 0. The van der Waals surface area contributed by atoms with Crippen molar-refractivity contribution >= 4 is 22.7 Å². The summed E-state index contributed by atoms with van der Waals surface area (Å²) in [6, 6.07) is 16.1. The van der Waals surface area contributed by atoms with Crippen LogP contribution in [0.25, 0.3) is 22.6 Å². The van der Waals surface area contributed by atoms with Gasteiger partial charge in [-0.05, 0) is 62.4 Å². The number of nitrogens with zero attached hydrogens (tertiary/aromatic N) is 2. The van der Waals surface area contributed by atoms with Gasteiger partial charge < -0.3 is 14.5 Å². The number of fused-ring (bicyclic) bond motifs is 1. The third-order valence-electron chi connectivity index (χ3n) is 4.04. The number of aromatic nitrogens is 2. The molecule has 2 aromatic carbocycles. The molecule has 0 atom stereocenters. The lowest BCUT2D eigenvalue weighted by atomic mass is 10.2. The van der Waals surface area contributed by atoms with Crippen LogP contribution in [-0.2, 0) is 0 Å². The van der Waals surface area contributed by atoms with Crippen LogP contribution in [0.2, 0.25) is 0 Å². The van der Waals surface area contributed by atoms with E-state index in [4.69, 9.17) is 9.15 Å². The highest BCUT2D eigenvalue weighted by atomic mass is 16.5. The first-order chi connectivity index (χ1) is 13.6. The molecule has 1 N–H and O–H groups in total. The molecule has 140 valence electrons. The van der Waals surface area contributed by atoms with Crippen molar-refractivity contribution in [2.24, 2.45) is 0 Å². The van der Waals surface area contributed by atoms with E-state index in [1.807, 2.05) is 32.0 Å². The number of anilines is 1. The minimum atomic E-state index is -0.216. The predicted molar refractivity (Wildman–Crippen MR) is 107 cm³/mol. The van der Waals surface area contributed by atoms with Crippen LogP contribution < -0.4 is 10.1 Å². The number of hydrogen-bond donors (Lipinski definition) is 1. The minimum absolute atomic E-state index is 0.0440. The number of rotatable bonds is 5. The number of carbonyl (C=O) groups is 1. The normalized spacial score (nSPS) is 11.0. The molecule has 0 fully saturated rings. The van der Waals surface area contributed by atoms with Crippen molar-refractivity contribution in [3.8, 4) is 17.2 Å². The highest BCUT2D eigenvalue weighted by molar-refractivity contribution is 6.05. The van der Waals surface area contributed by atoms with Gasteiger partial charge in [0.25, 0.3) is 5.91 Å². The van der Waals surface area contributed by atoms with Crippen molar-refractivity contribution in [3.63, 3.8) is 0 Å². The van der Waals surface area contributed by atoms with Gasteiger partial charge in [-0.25, -0.2) is 4.98 Å². The molecule has 0 saturated carbocycles. The minimum Gasteiger partial charge on any atom is -0.491 e. The molecule has 6 nitrogen and oxygen atoms in total. The monoisotopic (exact) mass is 373 g/mol. The highest BCUT2D eigenvalue weighted by Crippen LogP contribution is 2.26. The summed E-state index contributed by atoms with van der Waals surface area (Å²) < 4.78 is 11.4. The predicted octanol–water partition coefficient (Wildman–Crippen LogP) is 4.93. The molecular weight excluding hydrogens is 354 g/mol. The van der Waals surface area contributed by atoms with E-state index >= 15 is 0 Å². The summed E-state index contributed by atoms with van der Waals surface area (Å²) in [5, 5.41) is 2.89. The van der Waals surface area contributed by atoms with Crippen LogP contribution >= 0.6 is 0 Å². The zero-order valence-corrected chi connectivity index (χ0v) is 15.5. The SMILES string of the molecule is CC(C)Oc1cccc(C(=O)Nc2ccc3oc(-c4ccncc4)nc3c2)c1. The van der Waals surface area contributed by atoms with Gasteiger partial charge in [0.05, 0.1) is 6.10 Å². The van der Waals surface area contributed by atoms with Crippen LogP contribution in [0, 0.1) is 0 Å². The van der Waals surface area contributed by atoms with Crippen LogP contribution in [-0.4, -0.2) is 22.0 Å². The lowest BCUT2D eigenvalue weighted by molar-refractivity contribution is 0.102. The number of oxazole rings is 1. The first kappa shape index (κ1) is 17.7. The van der Waals surface area contributed by atoms with Gasteiger partial charge in [0, 0.05) is 29.2 Å². The average Bonchev–Trinajstić information content (AvgIpc) is 3.12. The first-order valence-electron chi connectivity index (χ1n) is 8.97. The number of benzene rings is 2. The molecule has 2 aromatic heterocycles. The molecule has 1 amide bonds. The zero-order chi connectivity index (χ0) is 19.5. The van der Waals surface area contributed by atoms with Crippen molar-refractivity contribution in [2.75, 3.05) is 5.32 Å². The highest BCUT2D eigenvalue weighted by Gasteiger charge is 2.11. The Morgan fingerprint density at radius 1 is 1.07 bits per heavy atom. The Bertz CT molecular complexity index is 1120. The second-order valence-electron chi connectivity index (χ2n) is 6.59. The van der Waals surface area contributed by atoms with Gasteiger partial charge in [0.15, 0.2) is 5.58 Å². The number of ether oxygens (including phenoxy) is 1. The van der Waals surface area contributed by atoms with E-state index in [1.54, 1.807) is 48.8 Å². The maximum atomic E-state index is 12.6. The zero-order valence-electron chi connectivity index (χ0n) is 15.5. The molecule has 6 heteroatoms. The Kier molecular flexibility index (Phi) is 4.76. The van der Waals surface area contributed by atoms with Crippen molar-refractivity contribution in [1.82, 2.24) is 9.97 Å². The third-order valence-corrected chi connectivity index (χ3v) is 4.04. The lowest BCUT2D eigenvalue weighted by Gasteiger charge is -2.11. The molecule has 0 saturated heterocycles. The van der Waals surface area contributed by atoms with Crippen molar-refractivity contribution in [1.29, 1.82) is 0 Å². The van der Waals surface area contributed by atoms with Crippen LogP contribution in [0.15, 0.2) is 71.4 Å². The summed E-state index contributed by atoms with van der Waals surface area (Å²) in [5.41, 5.74) is 3.33. The fourth-order valence-electron chi connectivity index (χ4n) is 2.81. The molecule has 2 heterocycles. The Hall–Kier alpha value is -3.67. The van der Waals surface area contributed by atoms with E-state index in [9.17, 15) is 4.79 Å². The third kappa shape index (κ3) is 3.86. The molecule has 28 heavy (non-hydrogen) atoms. The molecule has 0 unspecified atom stereocenters. The lowest BCUT2D eigenvalue weighted by Crippen LogP contribution is -2.12. The second kappa shape index (κ2) is 7.52. The summed E-state index contributed by atoms with van der Waals surface area (Å²) in [6.07, 6.45) is 3.42. The van der Waals surface area contributed by atoms with Gasteiger partial charge >= 0.3 is 0 Å². The molecule has 0 bridgehead atoms.